The molecule has 2 nitrogen and oxygen atoms in total. The maximum Gasteiger partial charge on any atom is 0.162 e. The molecule has 0 unspecified atom stereocenters. The lowest BCUT2D eigenvalue weighted by molar-refractivity contribution is 0.888. The Labute approximate surface area is 146 Å². The molecule has 0 saturated carbocycles. The van der Waals surface area contributed by atoms with Crippen LogP contribution < -0.4 is 5.32 Å². The van der Waals surface area contributed by atoms with Gasteiger partial charge < -0.3 is 5.32 Å². The zero-order valence-electron chi connectivity index (χ0n) is 12.6. The van der Waals surface area contributed by atoms with Gasteiger partial charge in [-0.3, -0.25) is 0 Å². The number of nitrogens with one attached hydrogen (secondary N) is 1. The highest BCUT2D eigenvalue weighted by Gasteiger charge is 2.19. The standard InChI is InChI=1S/C19H17ClN2S/c1-2-12-23-19-21-17(14-8-4-3-5-9-14)13-18(22-19)15-10-6-7-11-16(15)20/h2-11,13,18H,1,12H2,(H,21,22)/t18-/m1/s1. The van der Waals surface area contributed by atoms with Crippen LogP contribution in [0.2, 0.25) is 5.02 Å². The molecular weight excluding hydrogens is 324 g/mol. The lowest BCUT2D eigenvalue weighted by Gasteiger charge is -2.22. The van der Waals surface area contributed by atoms with Gasteiger partial charge in [-0.15, -0.1) is 6.58 Å². The van der Waals surface area contributed by atoms with Gasteiger partial charge in [0.1, 0.15) is 0 Å². The summed E-state index contributed by atoms with van der Waals surface area (Å²) in [4.78, 5) is 4.79. The van der Waals surface area contributed by atoms with Gasteiger partial charge in [0.2, 0.25) is 0 Å². The SMILES string of the molecule is C=CCSC1=N[C@@H](c2ccccc2Cl)C=C(c2ccccc2)N1. The van der Waals surface area contributed by atoms with Crippen LogP contribution in [0.15, 0.2) is 78.3 Å². The molecule has 0 fully saturated rings. The molecule has 0 saturated heterocycles. The molecule has 3 rings (SSSR count). The van der Waals surface area contributed by atoms with Gasteiger partial charge in [0, 0.05) is 16.5 Å². The van der Waals surface area contributed by atoms with Crippen LogP contribution in [0.3, 0.4) is 0 Å². The number of hydrogen-bond donors (Lipinski definition) is 1. The third-order valence-electron chi connectivity index (χ3n) is 3.47. The summed E-state index contributed by atoms with van der Waals surface area (Å²) in [6.45, 7) is 3.77. The number of hydrogen-bond acceptors (Lipinski definition) is 3. The first-order valence-corrected chi connectivity index (χ1v) is 8.74. The van der Waals surface area contributed by atoms with Crippen molar-refractivity contribution in [3.8, 4) is 0 Å². The zero-order chi connectivity index (χ0) is 16.1. The first kappa shape index (κ1) is 15.9. The summed E-state index contributed by atoms with van der Waals surface area (Å²) in [7, 11) is 0. The molecular formula is C19H17ClN2S. The molecule has 1 N–H and O–H groups in total. The predicted octanol–water partition coefficient (Wildman–Crippen LogP) is 5.30. The van der Waals surface area contributed by atoms with Crippen molar-refractivity contribution in [3.05, 3.63) is 89.5 Å². The van der Waals surface area contributed by atoms with E-state index in [1.54, 1.807) is 11.8 Å². The number of amidine groups is 1. The normalized spacial score (nSPS) is 17.0. The Morgan fingerprint density at radius 1 is 1.13 bits per heavy atom. The van der Waals surface area contributed by atoms with Crippen LogP contribution >= 0.6 is 23.4 Å². The summed E-state index contributed by atoms with van der Waals surface area (Å²) < 4.78 is 0. The van der Waals surface area contributed by atoms with Crippen molar-refractivity contribution in [2.24, 2.45) is 4.99 Å². The summed E-state index contributed by atoms with van der Waals surface area (Å²) in [5, 5.41) is 5.03. The molecule has 1 atom stereocenters. The predicted molar refractivity (Wildman–Crippen MR) is 102 cm³/mol. The first-order chi connectivity index (χ1) is 11.3. The van der Waals surface area contributed by atoms with Crippen LogP contribution in [0.25, 0.3) is 5.70 Å². The van der Waals surface area contributed by atoms with Crippen molar-refractivity contribution in [2.75, 3.05) is 5.75 Å². The van der Waals surface area contributed by atoms with Gasteiger partial charge in [-0.2, -0.15) is 0 Å². The number of rotatable bonds is 4. The van der Waals surface area contributed by atoms with Crippen molar-refractivity contribution < 1.29 is 0 Å². The third-order valence-corrected chi connectivity index (χ3v) is 4.70. The van der Waals surface area contributed by atoms with Crippen LogP contribution in [0.5, 0.6) is 0 Å². The number of nitrogens with zero attached hydrogens (tertiary/aromatic N) is 1. The monoisotopic (exact) mass is 340 g/mol. The molecule has 0 spiro atoms. The average Bonchev–Trinajstić information content (AvgIpc) is 2.61. The van der Waals surface area contributed by atoms with E-state index in [1.807, 2.05) is 48.5 Å². The third kappa shape index (κ3) is 3.87. The van der Waals surface area contributed by atoms with E-state index >= 15 is 0 Å². The Morgan fingerprint density at radius 2 is 1.87 bits per heavy atom. The van der Waals surface area contributed by atoms with Gasteiger partial charge in [0.15, 0.2) is 5.17 Å². The minimum Gasteiger partial charge on any atom is -0.335 e. The molecule has 0 aromatic heterocycles. The van der Waals surface area contributed by atoms with Gasteiger partial charge in [-0.05, 0) is 23.3 Å². The Morgan fingerprint density at radius 3 is 2.61 bits per heavy atom. The Balaban J connectivity index is 1.98. The number of thioether (sulfide) groups is 1. The molecule has 0 amide bonds. The van der Waals surface area contributed by atoms with Crippen LogP contribution in [-0.4, -0.2) is 10.9 Å². The molecule has 0 aliphatic carbocycles. The second kappa shape index (κ2) is 7.53. The fourth-order valence-electron chi connectivity index (χ4n) is 2.38. The first-order valence-electron chi connectivity index (χ1n) is 7.38. The van der Waals surface area contributed by atoms with Crippen molar-refractivity contribution in [1.82, 2.24) is 5.32 Å². The van der Waals surface area contributed by atoms with E-state index in [0.29, 0.717) is 0 Å². The van der Waals surface area contributed by atoms with E-state index in [9.17, 15) is 0 Å². The molecule has 0 radical (unpaired) electrons. The molecule has 2 aromatic rings. The fraction of sp³-hybridized carbons (Fsp3) is 0.105. The van der Waals surface area contributed by atoms with Gasteiger partial charge in [-0.25, -0.2) is 4.99 Å². The minimum absolute atomic E-state index is 0.0903. The molecule has 1 aliphatic heterocycles. The highest BCUT2D eigenvalue weighted by atomic mass is 35.5. The summed E-state index contributed by atoms with van der Waals surface area (Å²) in [5.74, 6) is 0.809. The molecule has 4 heteroatoms. The Hall–Kier alpha value is -1.97. The van der Waals surface area contributed by atoms with Crippen molar-refractivity contribution in [1.29, 1.82) is 0 Å². The van der Waals surface area contributed by atoms with E-state index < -0.39 is 0 Å². The number of aliphatic imine (C=N–C) groups is 1. The number of halogens is 1. The molecule has 116 valence electrons. The summed E-state index contributed by atoms with van der Waals surface area (Å²) in [6, 6.07) is 18.0. The second-order valence-electron chi connectivity index (χ2n) is 5.07. The Kier molecular flexibility index (Phi) is 5.21. The topological polar surface area (TPSA) is 24.4 Å². The Bertz CT molecular complexity index is 753. The van der Waals surface area contributed by atoms with Crippen LogP contribution in [0, 0.1) is 0 Å². The van der Waals surface area contributed by atoms with E-state index in [4.69, 9.17) is 16.6 Å². The largest absolute Gasteiger partial charge is 0.335 e. The van der Waals surface area contributed by atoms with E-state index in [2.05, 4.69) is 30.1 Å². The summed E-state index contributed by atoms with van der Waals surface area (Å²) >= 11 is 8.00. The van der Waals surface area contributed by atoms with E-state index in [0.717, 1.165) is 32.8 Å². The zero-order valence-corrected chi connectivity index (χ0v) is 14.1. The van der Waals surface area contributed by atoms with E-state index in [-0.39, 0.29) is 6.04 Å². The van der Waals surface area contributed by atoms with Crippen molar-refractivity contribution >= 4 is 34.2 Å². The maximum atomic E-state index is 6.36. The van der Waals surface area contributed by atoms with Crippen LogP contribution in [0.4, 0.5) is 0 Å². The number of benzene rings is 2. The van der Waals surface area contributed by atoms with Gasteiger partial charge >= 0.3 is 0 Å². The fourth-order valence-corrected chi connectivity index (χ4v) is 3.28. The molecule has 0 bridgehead atoms. The summed E-state index contributed by atoms with van der Waals surface area (Å²) in [6.07, 6.45) is 3.99. The average molecular weight is 341 g/mol. The molecule has 1 aliphatic rings. The highest BCUT2D eigenvalue weighted by molar-refractivity contribution is 8.14. The highest BCUT2D eigenvalue weighted by Crippen LogP contribution is 2.32. The molecule has 1 heterocycles. The van der Waals surface area contributed by atoms with E-state index in [1.165, 1.54) is 0 Å². The van der Waals surface area contributed by atoms with Crippen molar-refractivity contribution in [2.45, 2.75) is 6.04 Å². The van der Waals surface area contributed by atoms with Gasteiger partial charge in [0.05, 0.1) is 6.04 Å². The quantitative estimate of drug-likeness (QED) is 0.764. The van der Waals surface area contributed by atoms with Crippen molar-refractivity contribution in [3.63, 3.8) is 0 Å². The van der Waals surface area contributed by atoms with Gasteiger partial charge in [-0.1, -0.05) is 78.0 Å². The van der Waals surface area contributed by atoms with Crippen LogP contribution in [-0.2, 0) is 0 Å². The molecule has 2 aromatic carbocycles. The lowest BCUT2D eigenvalue weighted by atomic mass is 10.0. The maximum absolute atomic E-state index is 6.36. The van der Waals surface area contributed by atoms with Gasteiger partial charge in [0.25, 0.3) is 0 Å². The minimum atomic E-state index is -0.0903. The summed E-state index contributed by atoms with van der Waals surface area (Å²) in [5.41, 5.74) is 3.20. The van der Waals surface area contributed by atoms with Crippen LogP contribution in [0.1, 0.15) is 17.2 Å². The lowest BCUT2D eigenvalue weighted by Crippen LogP contribution is -2.24. The molecule has 23 heavy (non-hydrogen) atoms. The smallest absolute Gasteiger partial charge is 0.162 e. The second-order valence-corrected chi connectivity index (χ2v) is 6.49.